The first kappa shape index (κ1) is 19.5. The maximum absolute atomic E-state index is 12.6. The molecule has 0 unspecified atom stereocenters. The Kier molecular flexibility index (Phi) is 5.36. The number of carbonyl (C=O) groups is 1. The van der Waals surface area contributed by atoms with E-state index in [0.717, 1.165) is 10.5 Å². The molecule has 0 saturated carbocycles. The van der Waals surface area contributed by atoms with Gasteiger partial charge in [0.25, 0.3) is 11.6 Å². The van der Waals surface area contributed by atoms with Gasteiger partial charge in [-0.2, -0.15) is 5.10 Å². The highest BCUT2D eigenvalue weighted by Crippen LogP contribution is 2.33. The second kappa shape index (κ2) is 8.26. The smallest absolute Gasteiger partial charge is 0.276 e. The molecule has 8 nitrogen and oxygen atoms in total. The van der Waals surface area contributed by atoms with E-state index >= 15 is 0 Å². The molecule has 0 atom stereocenters. The van der Waals surface area contributed by atoms with Gasteiger partial charge in [0.05, 0.1) is 11.2 Å². The number of aryl methyl sites for hydroxylation is 1. The Bertz CT molecular complexity index is 1200. The molecule has 0 fully saturated rings. The molecule has 1 amide bonds. The zero-order chi connectivity index (χ0) is 21.1. The van der Waals surface area contributed by atoms with E-state index in [0.29, 0.717) is 22.0 Å². The fourth-order valence-corrected chi connectivity index (χ4v) is 3.66. The lowest BCUT2D eigenvalue weighted by atomic mass is 10.2. The zero-order valence-electron chi connectivity index (χ0n) is 15.8. The minimum Gasteiger partial charge on any atom is -0.463 e. The van der Waals surface area contributed by atoms with Crippen LogP contribution in [-0.2, 0) is 0 Å². The van der Waals surface area contributed by atoms with Crippen LogP contribution in [0.5, 0.6) is 0 Å². The molecule has 2 aromatic heterocycles. The van der Waals surface area contributed by atoms with Crippen LogP contribution in [0.15, 0.2) is 81.1 Å². The number of nitro benzene ring substituents is 1. The van der Waals surface area contributed by atoms with E-state index in [1.165, 1.54) is 30.2 Å². The molecule has 2 N–H and O–H groups in total. The van der Waals surface area contributed by atoms with Crippen LogP contribution in [0.25, 0.3) is 11.5 Å². The average molecular weight is 420 g/mol. The molecule has 2 aromatic carbocycles. The van der Waals surface area contributed by atoms with Crippen molar-refractivity contribution in [2.75, 3.05) is 5.32 Å². The summed E-state index contributed by atoms with van der Waals surface area (Å²) in [5, 5.41) is 20.8. The largest absolute Gasteiger partial charge is 0.463 e. The zero-order valence-corrected chi connectivity index (χ0v) is 16.6. The highest BCUT2D eigenvalue weighted by Gasteiger charge is 2.16. The van der Waals surface area contributed by atoms with Crippen LogP contribution in [0.3, 0.4) is 0 Å². The SMILES string of the molecule is Cc1ccc(Sc2cc(NC(=O)c3cc(-c4ccco4)[nH]n3)cc([N+](=O)[O-])c2)cc1. The predicted octanol–water partition coefficient (Wildman–Crippen LogP) is 5.29. The maximum Gasteiger partial charge on any atom is 0.276 e. The molecular weight excluding hydrogens is 404 g/mol. The number of nitrogens with one attached hydrogen (secondary N) is 2. The van der Waals surface area contributed by atoms with E-state index in [2.05, 4.69) is 15.5 Å². The van der Waals surface area contributed by atoms with E-state index in [1.54, 1.807) is 24.3 Å². The number of benzene rings is 2. The summed E-state index contributed by atoms with van der Waals surface area (Å²) in [5.41, 5.74) is 2.02. The number of nitrogens with zero attached hydrogens (tertiary/aromatic N) is 2. The van der Waals surface area contributed by atoms with Gasteiger partial charge in [0.2, 0.25) is 0 Å². The quantitative estimate of drug-likeness (QED) is 0.324. The number of hydrogen-bond acceptors (Lipinski definition) is 6. The predicted molar refractivity (Wildman–Crippen MR) is 113 cm³/mol. The third-order valence-electron chi connectivity index (χ3n) is 4.21. The highest BCUT2D eigenvalue weighted by atomic mass is 32.2. The molecule has 30 heavy (non-hydrogen) atoms. The lowest BCUT2D eigenvalue weighted by Crippen LogP contribution is -2.12. The number of nitro groups is 1. The minimum absolute atomic E-state index is 0.110. The number of furan rings is 1. The van der Waals surface area contributed by atoms with Crippen LogP contribution < -0.4 is 5.32 Å². The van der Waals surface area contributed by atoms with E-state index in [4.69, 9.17) is 4.42 Å². The Balaban J connectivity index is 1.57. The Morgan fingerprint density at radius 2 is 1.93 bits per heavy atom. The molecule has 9 heteroatoms. The Labute approximate surface area is 175 Å². The van der Waals surface area contributed by atoms with Gasteiger partial charge >= 0.3 is 0 Å². The van der Waals surface area contributed by atoms with Gasteiger partial charge in [-0.15, -0.1) is 0 Å². The summed E-state index contributed by atoms with van der Waals surface area (Å²) in [6.07, 6.45) is 1.52. The second-order valence-corrected chi connectivity index (χ2v) is 7.63. The molecular formula is C21H16N4O4S. The van der Waals surface area contributed by atoms with Crippen LogP contribution in [0.2, 0.25) is 0 Å². The highest BCUT2D eigenvalue weighted by molar-refractivity contribution is 7.99. The molecule has 0 aliphatic carbocycles. The van der Waals surface area contributed by atoms with E-state index < -0.39 is 10.8 Å². The Morgan fingerprint density at radius 1 is 1.13 bits per heavy atom. The number of aromatic amines is 1. The van der Waals surface area contributed by atoms with Crippen molar-refractivity contribution >= 4 is 29.0 Å². The Morgan fingerprint density at radius 3 is 2.63 bits per heavy atom. The van der Waals surface area contributed by atoms with E-state index in [9.17, 15) is 14.9 Å². The number of non-ortho nitro benzene ring substituents is 1. The van der Waals surface area contributed by atoms with Crippen molar-refractivity contribution in [2.24, 2.45) is 0 Å². The van der Waals surface area contributed by atoms with Crippen molar-refractivity contribution in [3.63, 3.8) is 0 Å². The van der Waals surface area contributed by atoms with Crippen LogP contribution in [0.1, 0.15) is 16.1 Å². The summed E-state index contributed by atoms with van der Waals surface area (Å²) < 4.78 is 5.27. The number of H-pyrrole nitrogens is 1. The fraction of sp³-hybridized carbons (Fsp3) is 0.0476. The molecule has 0 radical (unpaired) electrons. The summed E-state index contributed by atoms with van der Waals surface area (Å²) in [6, 6.07) is 17.3. The molecule has 2 heterocycles. The van der Waals surface area contributed by atoms with Crippen LogP contribution in [-0.4, -0.2) is 21.0 Å². The molecule has 0 aliphatic heterocycles. The summed E-state index contributed by atoms with van der Waals surface area (Å²) in [7, 11) is 0. The number of carbonyl (C=O) groups excluding carboxylic acids is 1. The first-order valence-electron chi connectivity index (χ1n) is 8.92. The number of rotatable bonds is 6. The minimum atomic E-state index is -0.490. The third kappa shape index (κ3) is 4.41. The van der Waals surface area contributed by atoms with Crippen molar-refractivity contribution in [1.29, 1.82) is 0 Å². The van der Waals surface area contributed by atoms with Crippen molar-refractivity contribution in [3.05, 3.63) is 88.3 Å². The number of hydrogen-bond donors (Lipinski definition) is 2. The third-order valence-corrected chi connectivity index (χ3v) is 5.19. The molecule has 0 saturated heterocycles. The van der Waals surface area contributed by atoms with Crippen molar-refractivity contribution < 1.29 is 14.1 Å². The number of amides is 1. The molecule has 4 aromatic rings. The van der Waals surface area contributed by atoms with Gasteiger partial charge in [0.15, 0.2) is 11.5 Å². The van der Waals surface area contributed by atoms with Gasteiger partial charge < -0.3 is 9.73 Å². The van der Waals surface area contributed by atoms with Gasteiger partial charge in [-0.3, -0.25) is 20.0 Å². The fourth-order valence-electron chi connectivity index (χ4n) is 2.75. The van der Waals surface area contributed by atoms with Crippen molar-refractivity contribution in [1.82, 2.24) is 10.2 Å². The van der Waals surface area contributed by atoms with Gasteiger partial charge in [-0.05, 0) is 37.3 Å². The monoisotopic (exact) mass is 420 g/mol. The standard InChI is InChI=1S/C21H16N4O4S/c1-13-4-6-16(7-5-13)30-17-10-14(9-15(11-17)25(27)28)22-21(26)19-12-18(23-24-19)20-3-2-8-29-20/h2-12H,1H3,(H,22,26)(H,23,24). The van der Waals surface area contributed by atoms with Crippen molar-refractivity contribution in [3.8, 4) is 11.5 Å². The van der Waals surface area contributed by atoms with Crippen LogP contribution in [0, 0.1) is 17.0 Å². The summed E-state index contributed by atoms with van der Waals surface area (Å²) in [6.45, 7) is 1.99. The lowest BCUT2D eigenvalue weighted by Gasteiger charge is -2.07. The molecule has 150 valence electrons. The Hall–Kier alpha value is -3.85. The molecule has 4 rings (SSSR count). The van der Waals surface area contributed by atoms with Crippen molar-refractivity contribution in [2.45, 2.75) is 16.7 Å². The topological polar surface area (TPSA) is 114 Å². The maximum atomic E-state index is 12.6. The normalized spacial score (nSPS) is 10.7. The lowest BCUT2D eigenvalue weighted by molar-refractivity contribution is -0.385. The molecule has 0 bridgehead atoms. The first-order valence-corrected chi connectivity index (χ1v) is 9.74. The van der Waals surface area contributed by atoms with E-state index in [-0.39, 0.29) is 11.4 Å². The second-order valence-electron chi connectivity index (χ2n) is 6.49. The number of aromatic nitrogens is 2. The first-order chi connectivity index (χ1) is 14.5. The molecule has 0 spiro atoms. The van der Waals surface area contributed by atoms with Gasteiger partial charge in [-0.1, -0.05) is 29.5 Å². The van der Waals surface area contributed by atoms with Gasteiger partial charge in [0, 0.05) is 33.7 Å². The summed E-state index contributed by atoms with van der Waals surface area (Å²) in [4.78, 5) is 25.0. The van der Waals surface area contributed by atoms with Crippen LogP contribution >= 0.6 is 11.8 Å². The molecule has 0 aliphatic rings. The van der Waals surface area contributed by atoms with Crippen LogP contribution in [0.4, 0.5) is 11.4 Å². The number of anilines is 1. The van der Waals surface area contributed by atoms with E-state index in [1.807, 2.05) is 31.2 Å². The summed E-state index contributed by atoms with van der Waals surface area (Å²) in [5.74, 6) is 0.0597. The average Bonchev–Trinajstić information content (AvgIpc) is 3.41. The van der Waals surface area contributed by atoms with Gasteiger partial charge in [-0.25, -0.2) is 0 Å². The summed E-state index contributed by atoms with van der Waals surface area (Å²) >= 11 is 1.38. The van der Waals surface area contributed by atoms with Gasteiger partial charge in [0.1, 0.15) is 5.69 Å².